The Kier molecular flexibility index (Phi) is 3.95. The fourth-order valence-electron chi connectivity index (χ4n) is 4.66. The Bertz CT molecular complexity index is 278. The molecule has 0 spiro atoms. The summed E-state index contributed by atoms with van der Waals surface area (Å²) in [5, 5.41) is 3.74. The van der Waals surface area contributed by atoms with Gasteiger partial charge in [0.25, 0.3) is 0 Å². The SMILES string of the molecule is CCC1CCN(C2CC3CCC2C3)CC(C)CN1. The lowest BCUT2D eigenvalue weighted by molar-refractivity contribution is 0.106. The average molecular weight is 250 g/mol. The van der Waals surface area contributed by atoms with Crippen molar-refractivity contribution >= 4 is 0 Å². The summed E-state index contributed by atoms with van der Waals surface area (Å²) in [6.07, 6.45) is 8.76. The van der Waals surface area contributed by atoms with E-state index in [1.54, 1.807) is 6.42 Å². The van der Waals surface area contributed by atoms with E-state index < -0.39 is 0 Å². The number of fused-ring (bicyclic) bond motifs is 2. The van der Waals surface area contributed by atoms with Crippen molar-refractivity contribution in [3.05, 3.63) is 0 Å². The monoisotopic (exact) mass is 250 g/mol. The van der Waals surface area contributed by atoms with Crippen LogP contribution in [0.3, 0.4) is 0 Å². The molecule has 2 nitrogen and oxygen atoms in total. The summed E-state index contributed by atoms with van der Waals surface area (Å²) in [5.41, 5.74) is 0. The third-order valence-corrected chi connectivity index (χ3v) is 5.73. The molecule has 5 atom stereocenters. The fraction of sp³-hybridized carbons (Fsp3) is 1.00. The van der Waals surface area contributed by atoms with Crippen LogP contribution in [-0.4, -0.2) is 36.6 Å². The topological polar surface area (TPSA) is 15.3 Å². The summed E-state index contributed by atoms with van der Waals surface area (Å²) in [4.78, 5) is 2.87. The van der Waals surface area contributed by atoms with Crippen molar-refractivity contribution < 1.29 is 0 Å². The Morgan fingerprint density at radius 2 is 2.06 bits per heavy atom. The second-order valence-corrected chi connectivity index (χ2v) is 7.14. The van der Waals surface area contributed by atoms with Gasteiger partial charge in [0.1, 0.15) is 0 Å². The third kappa shape index (κ3) is 2.60. The molecule has 1 aliphatic heterocycles. The van der Waals surface area contributed by atoms with Gasteiger partial charge in [-0.05, 0) is 62.9 Å². The zero-order valence-corrected chi connectivity index (χ0v) is 12.2. The lowest BCUT2D eigenvalue weighted by Gasteiger charge is -2.39. The van der Waals surface area contributed by atoms with Crippen LogP contribution in [0.1, 0.15) is 52.4 Å². The highest BCUT2D eigenvalue weighted by molar-refractivity contribution is 4.96. The van der Waals surface area contributed by atoms with Gasteiger partial charge in [-0.15, -0.1) is 0 Å². The first-order valence-corrected chi connectivity index (χ1v) is 8.23. The van der Waals surface area contributed by atoms with Crippen LogP contribution >= 0.6 is 0 Å². The number of nitrogens with zero attached hydrogens (tertiary/aromatic N) is 1. The Balaban J connectivity index is 1.63. The van der Waals surface area contributed by atoms with Crippen molar-refractivity contribution in [2.75, 3.05) is 19.6 Å². The lowest BCUT2D eigenvalue weighted by Crippen LogP contribution is -2.48. The zero-order valence-electron chi connectivity index (χ0n) is 12.2. The summed E-state index contributed by atoms with van der Waals surface area (Å²) >= 11 is 0. The molecule has 0 amide bonds. The Hall–Kier alpha value is -0.0800. The van der Waals surface area contributed by atoms with Crippen molar-refractivity contribution in [3.8, 4) is 0 Å². The molecule has 1 heterocycles. The lowest BCUT2D eigenvalue weighted by atomic mass is 9.92. The van der Waals surface area contributed by atoms with Gasteiger partial charge < -0.3 is 5.32 Å². The maximum Gasteiger partial charge on any atom is 0.0126 e. The van der Waals surface area contributed by atoms with E-state index >= 15 is 0 Å². The predicted molar refractivity (Wildman–Crippen MR) is 76.7 cm³/mol. The van der Waals surface area contributed by atoms with Crippen LogP contribution in [0.4, 0.5) is 0 Å². The molecule has 0 aromatic heterocycles. The molecule has 1 saturated heterocycles. The van der Waals surface area contributed by atoms with E-state index in [0.29, 0.717) is 0 Å². The first-order chi connectivity index (χ1) is 8.76. The number of hydrogen-bond donors (Lipinski definition) is 1. The van der Waals surface area contributed by atoms with E-state index in [1.165, 1.54) is 51.7 Å². The van der Waals surface area contributed by atoms with Gasteiger partial charge in [-0.3, -0.25) is 4.90 Å². The number of hydrogen-bond acceptors (Lipinski definition) is 2. The van der Waals surface area contributed by atoms with E-state index in [1.807, 2.05) is 0 Å². The summed E-state index contributed by atoms with van der Waals surface area (Å²) in [6, 6.07) is 1.70. The highest BCUT2D eigenvalue weighted by Crippen LogP contribution is 2.46. The van der Waals surface area contributed by atoms with Crippen LogP contribution in [0.25, 0.3) is 0 Å². The molecule has 3 aliphatic rings. The summed E-state index contributed by atoms with van der Waals surface area (Å²) < 4.78 is 0. The molecule has 3 fully saturated rings. The normalized spacial score (nSPS) is 46.0. The van der Waals surface area contributed by atoms with Gasteiger partial charge in [0, 0.05) is 18.6 Å². The predicted octanol–water partition coefficient (Wildman–Crippen LogP) is 2.89. The molecule has 0 aromatic carbocycles. The second-order valence-electron chi connectivity index (χ2n) is 7.14. The van der Waals surface area contributed by atoms with Crippen LogP contribution in [-0.2, 0) is 0 Å². The minimum Gasteiger partial charge on any atom is -0.314 e. The van der Waals surface area contributed by atoms with Crippen LogP contribution in [0.15, 0.2) is 0 Å². The van der Waals surface area contributed by atoms with Crippen LogP contribution < -0.4 is 5.32 Å². The molecule has 0 radical (unpaired) electrons. The largest absolute Gasteiger partial charge is 0.314 e. The molecular weight excluding hydrogens is 220 g/mol. The summed E-state index contributed by atoms with van der Waals surface area (Å²) in [6.45, 7) is 8.63. The molecule has 2 heteroatoms. The van der Waals surface area contributed by atoms with Gasteiger partial charge >= 0.3 is 0 Å². The smallest absolute Gasteiger partial charge is 0.0126 e. The highest BCUT2D eigenvalue weighted by atomic mass is 15.2. The van der Waals surface area contributed by atoms with Crippen molar-refractivity contribution in [2.24, 2.45) is 17.8 Å². The minimum absolute atomic E-state index is 0.758. The van der Waals surface area contributed by atoms with Crippen molar-refractivity contribution in [1.29, 1.82) is 0 Å². The van der Waals surface area contributed by atoms with Gasteiger partial charge in [0.05, 0.1) is 0 Å². The molecule has 5 unspecified atom stereocenters. The maximum atomic E-state index is 3.74. The Morgan fingerprint density at radius 1 is 1.17 bits per heavy atom. The van der Waals surface area contributed by atoms with E-state index in [9.17, 15) is 0 Å². The molecule has 2 bridgehead atoms. The van der Waals surface area contributed by atoms with Gasteiger partial charge in [-0.1, -0.05) is 20.3 Å². The molecular formula is C16H30N2. The first-order valence-electron chi connectivity index (χ1n) is 8.23. The molecule has 18 heavy (non-hydrogen) atoms. The van der Waals surface area contributed by atoms with E-state index in [-0.39, 0.29) is 0 Å². The molecule has 3 rings (SSSR count). The van der Waals surface area contributed by atoms with Gasteiger partial charge in [-0.2, -0.15) is 0 Å². The standard InChI is InChI=1S/C16H30N2/c1-3-15-6-7-18(11-12(2)10-17-15)16-9-13-4-5-14(16)8-13/h12-17H,3-11H2,1-2H3. The number of rotatable bonds is 2. The number of nitrogens with one attached hydrogen (secondary N) is 1. The van der Waals surface area contributed by atoms with Crippen molar-refractivity contribution in [3.63, 3.8) is 0 Å². The highest BCUT2D eigenvalue weighted by Gasteiger charge is 2.42. The molecule has 104 valence electrons. The van der Waals surface area contributed by atoms with E-state index in [4.69, 9.17) is 0 Å². The third-order valence-electron chi connectivity index (χ3n) is 5.73. The van der Waals surface area contributed by atoms with Crippen molar-refractivity contribution in [1.82, 2.24) is 10.2 Å². The minimum atomic E-state index is 0.758. The molecule has 2 saturated carbocycles. The van der Waals surface area contributed by atoms with Gasteiger partial charge in [0.15, 0.2) is 0 Å². The van der Waals surface area contributed by atoms with Crippen LogP contribution in [0, 0.1) is 17.8 Å². The second kappa shape index (κ2) is 5.50. The molecule has 1 N–H and O–H groups in total. The maximum absolute atomic E-state index is 3.74. The van der Waals surface area contributed by atoms with Crippen LogP contribution in [0.2, 0.25) is 0 Å². The van der Waals surface area contributed by atoms with E-state index in [2.05, 4.69) is 24.1 Å². The van der Waals surface area contributed by atoms with Crippen molar-refractivity contribution in [2.45, 2.75) is 64.5 Å². The first kappa shape index (κ1) is 12.9. The van der Waals surface area contributed by atoms with Gasteiger partial charge in [0.2, 0.25) is 0 Å². The molecule has 2 aliphatic carbocycles. The zero-order chi connectivity index (χ0) is 12.5. The van der Waals surface area contributed by atoms with Gasteiger partial charge in [-0.25, -0.2) is 0 Å². The Labute approximate surface area is 113 Å². The summed E-state index contributed by atoms with van der Waals surface area (Å²) in [5.74, 6) is 2.95. The van der Waals surface area contributed by atoms with E-state index in [0.717, 1.165) is 29.8 Å². The fourth-order valence-corrected chi connectivity index (χ4v) is 4.66. The molecule has 0 aromatic rings. The quantitative estimate of drug-likeness (QED) is 0.811. The van der Waals surface area contributed by atoms with Crippen LogP contribution in [0.5, 0.6) is 0 Å². The average Bonchev–Trinajstić information content (AvgIpc) is 2.96. The Morgan fingerprint density at radius 3 is 2.72 bits per heavy atom. The summed E-state index contributed by atoms with van der Waals surface area (Å²) in [7, 11) is 0.